The molecule has 6 heteroatoms. The number of hydrogen-bond acceptors (Lipinski definition) is 5. The molecule has 1 saturated heterocycles. The zero-order valence-corrected chi connectivity index (χ0v) is 20.7. The first-order chi connectivity index (χ1) is 16.2. The van der Waals surface area contributed by atoms with Crippen LogP contribution in [0.2, 0.25) is 0 Å². The number of piperidine rings is 1. The molecular weight excluding hydrogens is 466 g/mol. The Kier molecular flexibility index (Phi) is 8.11. The number of aliphatic hydroxyl groups excluding tert-OH is 1. The van der Waals surface area contributed by atoms with Crippen LogP contribution in [0.3, 0.4) is 0 Å². The van der Waals surface area contributed by atoms with E-state index in [2.05, 4.69) is 17.0 Å². The summed E-state index contributed by atoms with van der Waals surface area (Å²) in [4.78, 5) is 3.49. The van der Waals surface area contributed by atoms with Crippen molar-refractivity contribution in [2.24, 2.45) is 0 Å². The number of benzene rings is 3. The monoisotopic (exact) mass is 495 g/mol. The minimum absolute atomic E-state index is 0. The van der Waals surface area contributed by atoms with Crippen molar-refractivity contribution in [2.75, 3.05) is 26.2 Å². The van der Waals surface area contributed by atoms with Gasteiger partial charge in [0.25, 0.3) is 0 Å². The molecule has 1 unspecified atom stereocenters. The second-order valence-electron chi connectivity index (χ2n) is 8.61. The van der Waals surface area contributed by atoms with Crippen molar-refractivity contribution in [3.8, 4) is 21.9 Å². The SMILES string of the molecule is Cl.Oc1ccc(-c2sc3ccccc3c2C(O)c2ccc(OCCN3CCCCC3)cc2)cc1. The lowest BCUT2D eigenvalue weighted by molar-refractivity contribution is 0.183. The summed E-state index contributed by atoms with van der Waals surface area (Å²) in [5, 5.41) is 22.2. The Labute approximate surface area is 210 Å². The Morgan fingerprint density at radius 3 is 2.32 bits per heavy atom. The number of hydrogen-bond donors (Lipinski definition) is 2. The maximum absolute atomic E-state index is 11.4. The molecule has 2 N–H and O–H groups in total. The van der Waals surface area contributed by atoms with Gasteiger partial charge in [-0.25, -0.2) is 0 Å². The molecule has 1 aliphatic heterocycles. The lowest BCUT2D eigenvalue weighted by atomic mass is 9.96. The average molecular weight is 496 g/mol. The van der Waals surface area contributed by atoms with Crippen molar-refractivity contribution in [1.82, 2.24) is 4.90 Å². The second-order valence-corrected chi connectivity index (χ2v) is 9.66. The summed E-state index contributed by atoms with van der Waals surface area (Å²) in [6.07, 6.45) is 3.16. The molecule has 2 heterocycles. The van der Waals surface area contributed by atoms with Gasteiger partial charge in [-0.2, -0.15) is 0 Å². The van der Waals surface area contributed by atoms with Gasteiger partial charge in [0.2, 0.25) is 0 Å². The first kappa shape index (κ1) is 24.6. The van der Waals surface area contributed by atoms with Crippen LogP contribution in [0, 0.1) is 0 Å². The molecule has 1 fully saturated rings. The zero-order chi connectivity index (χ0) is 22.6. The molecule has 0 amide bonds. The lowest BCUT2D eigenvalue weighted by Gasteiger charge is -2.26. The molecule has 0 bridgehead atoms. The van der Waals surface area contributed by atoms with E-state index in [4.69, 9.17) is 4.74 Å². The number of fused-ring (bicyclic) bond motifs is 1. The Balaban J connectivity index is 0.00000274. The Morgan fingerprint density at radius 1 is 0.882 bits per heavy atom. The fraction of sp³-hybridized carbons (Fsp3) is 0.286. The average Bonchev–Trinajstić information content (AvgIpc) is 3.25. The molecule has 0 spiro atoms. The van der Waals surface area contributed by atoms with Gasteiger partial charge in [0.1, 0.15) is 24.2 Å². The summed E-state index contributed by atoms with van der Waals surface area (Å²) in [7, 11) is 0. The summed E-state index contributed by atoms with van der Waals surface area (Å²) in [5.74, 6) is 1.06. The number of aromatic hydroxyl groups is 1. The van der Waals surface area contributed by atoms with E-state index in [9.17, 15) is 10.2 Å². The molecular formula is C28H30ClNO3S. The van der Waals surface area contributed by atoms with Crippen molar-refractivity contribution in [2.45, 2.75) is 25.4 Å². The zero-order valence-electron chi connectivity index (χ0n) is 19.0. The molecule has 1 aliphatic rings. The molecule has 5 rings (SSSR count). The fourth-order valence-corrected chi connectivity index (χ4v) is 5.79. The van der Waals surface area contributed by atoms with E-state index in [1.165, 1.54) is 32.4 Å². The Hall–Kier alpha value is -2.57. The quantitative estimate of drug-likeness (QED) is 0.301. The maximum atomic E-state index is 11.4. The number of nitrogens with zero attached hydrogens (tertiary/aromatic N) is 1. The molecule has 3 aromatic carbocycles. The Morgan fingerprint density at radius 2 is 1.59 bits per heavy atom. The number of phenolic OH excluding ortho intramolecular Hbond substituents is 1. The van der Waals surface area contributed by atoms with Crippen LogP contribution in [-0.4, -0.2) is 41.4 Å². The topological polar surface area (TPSA) is 52.9 Å². The molecule has 1 atom stereocenters. The van der Waals surface area contributed by atoms with Gasteiger partial charge in [-0.3, -0.25) is 4.90 Å². The van der Waals surface area contributed by atoms with Crippen molar-refractivity contribution in [3.05, 3.63) is 83.9 Å². The highest BCUT2D eigenvalue weighted by molar-refractivity contribution is 7.22. The van der Waals surface area contributed by atoms with Crippen LogP contribution in [0.1, 0.15) is 36.5 Å². The van der Waals surface area contributed by atoms with E-state index in [0.717, 1.165) is 43.9 Å². The van der Waals surface area contributed by atoms with E-state index in [-0.39, 0.29) is 18.2 Å². The van der Waals surface area contributed by atoms with Gasteiger partial charge in [-0.05, 0) is 84.9 Å². The number of phenols is 1. The van der Waals surface area contributed by atoms with Crippen LogP contribution in [0.15, 0.2) is 72.8 Å². The summed E-state index contributed by atoms with van der Waals surface area (Å²) in [6.45, 7) is 3.99. The number of aliphatic hydroxyl groups is 1. The fourth-order valence-electron chi connectivity index (χ4n) is 4.55. The highest BCUT2D eigenvalue weighted by Crippen LogP contribution is 2.44. The van der Waals surface area contributed by atoms with Gasteiger partial charge < -0.3 is 14.9 Å². The molecule has 178 valence electrons. The molecule has 1 aromatic heterocycles. The lowest BCUT2D eigenvalue weighted by Crippen LogP contribution is -2.33. The summed E-state index contributed by atoms with van der Waals surface area (Å²) in [6, 6.07) is 23.1. The number of ether oxygens (including phenoxy) is 1. The van der Waals surface area contributed by atoms with Crippen LogP contribution in [0.25, 0.3) is 20.5 Å². The van der Waals surface area contributed by atoms with Gasteiger partial charge >= 0.3 is 0 Å². The van der Waals surface area contributed by atoms with Gasteiger partial charge in [0.05, 0.1) is 0 Å². The predicted octanol–water partition coefficient (Wildman–Crippen LogP) is 6.64. The van der Waals surface area contributed by atoms with Crippen molar-refractivity contribution >= 4 is 33.8 Å². The van der Waals surface area contributed by atoms with E-state index in [1.807, 2.05) is 48.5 Å². The standard InChI is InChI=1S/C28H29NO3S.ClH/c30-22-12-8-21(9-13-22)28-26(24-6-2-3-7-25(24)33-28)27(31)20-10-14-23(15-11-20)32-19-18-29-16-4-1-5-17-29;/h2-3,6-15,27,30-31H,1,4-5,16-19H2;1H. The molecule has 0 aliphatic carbocycles. The minimum atomic E-state index is -0.757. The molecule has 4 aromatic rings. The largest absolute Gasteiger partial charge is 0.508 e. The Bertz CT molecular complexity index is 1200. The number of thiophene rings is 1. The van der Waals surface area contributed by atoms with Crippen molar-refractivity contribution in [3.63, 3.8) is 0 Å². The highest BCUT2D eigenvalue weighted by atomic mass is 35.5. The summed E-state index contributed by atoms with van der Waals surface area (Å²) < 4.78 is 7.10. The van der Waals surface area contributed by atoms with Crippen LogP contribution in [0.5, 0.6) is 11.5 Å². The van der Waals surface area contributed by atoms with E-state index in [0.29, 0.717) is 6.61 Å². The molecule has 34 heavy (non-hydrogen) atoms. The smallest absolute Gasteiger partial charge is 0.119 e. The van der Waals surface area contributed by atoms with Gasteiger partial charge in [0.15, 0.2) is 0 Å². The van der Waals surface area contributed by atoms with Gasteiger partial charge in [-0.1, -0.05) is 36.8 Å². The second kappa shape index (κ2) is 11.2. The van der Waals surface area contributed by atoms with Gasteiger partial charge in [-0.15, -0.1) is 23.7 Å². The molecule has 0 saturated carbocycles. The molecule has 4 nitrogen and oxygen atoms in total. The normalized spacial score (nSPS) is 15.1. The first-order valence-electron chi connectivity index (χ1n) is 11.6. The third-order valence-electron chi connectivity index (χ3n) is 6.36. The minimum Gasteiger partial charge on any atom is -0.508 e. The summed E-state index contributed by atoms with van der Waals surface area (Å²) in [5.41, 5.74) is 2.72. The van der Waals surface area contributed by atoms with Crippen molar-refractivity contribution < 1.29 is 14.9 Å². The summed E-state index contributed by atoms with van der Waals surface area (Å²) >= 11 is 1.66. The van der Waals surface area contributed by atoms with Gasteiger partial charge in [0, 0.05) is 21.7 Å². The van der Waals surface area contributed by atoms with E-state index >= 15 is 0 Å². The van der Waals surface area contributed by atoms with Crippen LogP contribution >= 0.6 is 23.7 Å². The van der Waals surface area contributed by atoms with Crippen LogP contribution in [-0.2, 0) is 0 Å². The van der Waals surface area contributed by atoms with Crippen LogP contribution < -0.4 is 4.74 Å². The maximum Gasteiger partial charge on any atom is 0.119 e. The number of likely N-dealkylation sites (tertiary alicyclic amines) is 1. The highest BCUT2D eigenvalue weighted by Gasteiger charge is 2.22. The number of rotatable bonds is 7. The third kappa shape index (κ3) is 5.39. The number of halogens is 1. The van der Waals surface area contributed by atoms with E-state index in [1.54, 1.807) is 23.5 Å². The predicted molar refractivity (Wildman–Crippen MR) is 142 cm³/mol. The van der Waals surface area contributed by atoms with Crippen molar-refractivity contribution in [1.29, 1.82) is 0 Å². The van der Waals surface area contributed by atoms with Crippen LogP contribution in [0.4, 0.5) is 0 Å². The molecule has 0 radical (unpaired) electrons. The third-order valence-corrected chi connectivity index (χ3v) is 7.59. The first-order valence-corrected chi connectivity index (χ1v) is 12.4. The van der Waals surface area contributed by atoms with E-state index < -0.39 is 6.10 Å².